The van der Waals surface area contributed by atoms with Crippen molar-refractivity contribution < 1.29 is 13.9 Å². The van der Waals surface area contributed by atoms with E-state index in [2.05, 4.69) is 15.9 Å². The lowest BCUT2D eigenvalue weighted by Crippen LogP contribution is -2.00. The third kappa shape index (κ3) is 3.07. The first kappa shape index (κ1) is 14.7. The van der Waals surface area contributed by atoms with E-state index in [-0.39, 0.29) is 11.3 Å². The maximum absolute atomic E-state index is 13.6. The van der Waals surface area contributed by atoms with Crippen LogP contribution in [-0.2, 0) is 0 Å². The summed E-state index contributed by atoms with van der Waals surface area (Å²) in [6, 6.07) is 8.40. The highest BCUT2D eigenvalue weighted by molar-refractivity contribution is 9.10. The molecule has 0 aromatic heterocycles. The van der Waals surface area contributed by atoms with Crippen molar-refractivity contribution >= 4 is 21.7 Å². The largest absolute Gasteiger partial charge is 0.456 e. The molecule has 0 aliphatic carbocycles. The molecule has 0 spiro atoms. The van der Waals surface area contributed by atoms with Gasteiger partial charge in [0.1, 0.15) is 17.3 Å². The smallest absolute Gasteiger partial charge is 0.163 e. The first-order valence-corrected chi connectivity index (χ1v) is 6.93. The molecule has 4 heteroatoms. The van der Waals surface area contributed by atoms with Gasteiger partial charge >= 0.3 is 0 Å². The summed E-state index contributed by atoms with van der Waals surface area (Å²) in [6.07, 6.45) is 0. The van der Waals surface area contributed by atoms with Crippen LogP contribution < -0.4 is 4.74 Å². The molecule has 104 valence electrons. The second kappa shape index (κ2) is 5.75. The van der Waals surface area contributed by atoms with E-state index in [1.165, 1.54) is 13.0 Å². The highest BCUT2D eigenvalue weighted by Gasteiger charge is 2.14. The van der Waals surface area contributed by atoms with Crippen molar-refractivity contribution in [2.75, 3.05) is 0 Å². The number of carbonyl (C=O) groups is 1. The van der Waals surface area contributed by atoms with Gasteiger partial charge < -0.3 is 4.74 Å². The quantitative estimate of drug-likeness (QED) is 0.720. The lowest BCUT2D eigenvalue weighted by atomic mass is 10.1. The van der Waals surface area contributed by atoms with Gasteiger partial charge in [-0.15, -0.1) is 0 Å². The van der Waals surface area contributed by atoms with Crippen LogP contribution in [0.25, 0.3) is 0 Å². The van der Waals surface area contributed by atoms with Gasteiger partial charge in [-0.05, 0) is 56.2 Å². The van der Waals surface area contributed by atoms with Gasteiger partial charge in [0.05, 0.1) is 5.56 Å². The fourth-order valence-electron chi connectivity index (χ4n) is 1.82. The molecule has 0 bridgehead atoms. The molecule has 0 unspecified atom stereocenters. The highest BCUT2D eigenvalue weighted by Crippen LogP contribution is 2.32. The molecule has 2 aromatic rings. The minimum atomic E-state index is -0.409. The maximum atomic E-state index is 13.6. The number of aryl methyl sites for hydroxylation is 2. The number of hydrogen-bond donors (Lipinski definition) is 0. The number of rotatable bonds is 3. The molecule has 0 atom stereocenters. The van der Waals surface area contributed by atoms with Gasteiger partial charge in [-0.3, -0.25) is 4.79 Å². The number of carbonyl (C=O) groups excluding carboxylic acids is 1. The van der Waals surface area contributed by atoms with Crippen LogP contribution in [0.1, 0.15) is 28.4 Å². The normalized spacial score (nSPS) is 10.4. The fourth-order valence-corrected chi connectivity index (χ4v) is 2.16. The molecule has 0 aliphatic heterocycles. The monoisotopic (exact) mass is 336 g/mol. The second-order valence-corrected chi connectivity index (χ2v) is 5.58. The molecule has 0 N–H and O–H groups in total. The van der Waals surface area contributed by atoms with E-state index in [0.29, 0.717) is 17.1 Å². The number of ketones is 1. The van der Waals surface area contributed by atoms with Crippen molar-refractivity contribution in [3.05, 3.63) is 57.3 Å². The zero-order valence-corrected chi connectivity index (χ0v) is 13.0. The topological polar surface area (TPSA) is 26.3 Å². The molecular weight excluding hydrogens is 323 g/mol. The summed E-state index contributed by atoms with van der Waals surface area (Å²) < 4.78 is 20.3. The molecule has 0 fully saturated rings. The Morgan fingerprint density at radius 1 is 1.10 bits per heavy atom. The summed E-state index contributed by atoms with van der Waals surface area (Å²) in [5.74, 6) is 0.366. The van der Waals surface area contributed by atoms with Crippen LogP contribution in [0.4, 0.5) is 4.39 Å². The average Bonchev–Trinajstić information content (AvgIpc) is 2.37. The Bertz CT molecular complexity index is 680. The first-order valence-electron chi connectivity index (χ1n) is 6.13. The predicted molar refractivity (Wildman–Crippen MR) is 80.1 cm³/mol. The summed E-state index contributed by atoms with van der Waals surface area (Å²) in [5.41, 5.74) is 1.62. The number of hydrogen-bond acceptors (Lipinski definition) is 2. The zero-order valence-electron chi connectivity index (χ0n) is 11.5. The highest BCUT2D eigenvalue weighted by atomic mass is 79.9. The number of Topliss-reactive ketones (excluding diaryl/α,β-unsaturated/α-hetero) is 1. The van der Waals surface area contributed by atoms with Crippen LogP contribution in [-0.4, -0.2) is 5.78 Å². The van der Waals surface area contributed by atoms with Crippen molar-refractivity contribution in [2.24, 2.45) is 0 Å². The molecule has 0 amide bonds. The van der Waals surface area contributed by atoms with Gasteiger partial charge in [-0.25, -0.2) is 4.39 Å². The van der Waals surface area contributed by atoms with Gasteiger partial charge in [0.2, 0.25) is 0 Å². The lowest BCUT2D eigenvalue weighted by Gasteiger charge is -2.13. The standard InChI is InChI=1S/C16H14BrFO2/c1-9-4-5-12(17)7-15(9)20-16-6-10(2)14(18)8-13(16)11(3)19/h4-8H,1-3H3. The number of ether oxygens (including phenoxy) is 1. The predicted octanol–water partition coefficient (Wildman–Crippen LogP) is 5.20. The lowest BCUT2D eigenvalue weighted by molar-refractivity contribution is 0.101. The Kier molecular flexibility index (Phi) is 4.23. The Labute approximate surface area is 125 Å². The van der Waals surface area contributed by atoms with Crippen molar-refractivity contribution in [3.63, 3.8) is 0 Å². The van der Waals surface area contributed by atoms with E-state index in [9.17, 15) is 9.18 Å². The molecule has 0 aliphatic rings. The van der Waals surface area contributed by atoms with Crippen LogP contribution in [0.15, 0.2) is 34.8 Å². The van der Waals surface area contributed by atoms with Gasteiger partial charge in [0.25, 0.3) is 0 Å². The maximum Gasteiger partial charge on any atom is 0.163 e. The van der Waals surface area contributed by atoms with Gasteiger partial charge in [0, 0.05) is 4.47 Å². The van der Waals surface area contributed by atoms with Crippen molar-refractivity contribution in [2.45, 2.75) is 20.8 Å². The molecule has 0 saturated carbocycles. The Morgan fingerprint density at radius 2 is 1.80 bits per heavy atom. The van der Waals surface area contributed by atoms with Gasteiger partial charge in [0.15, 0.2) is 5.78 Å². The molecule has 2 rings (SSSR count). The molecular formula is C16H14BrFO2. The van der Waals surface area contributed by atoms with Crippen LogP contribution in [0.3, 0.4) is 0 Å². The van der Waals surface area contributed by atoms with E-state index in [1.54, 1.807) is 13.0 Å². The average molecular weight is 337 g/mol. The Morgan fingerprint density at radius 3 is 2.45 bits per heavy atom. The Hall–Kier alpha value is -1.68. The second-order valence-electron chi connectivity index (χ2n) is 4.67. The van der Waals surface area contributed by atoms with Crippen LogP contribution in [0.2, 0.25) is 0 Å². The summed E-state index contributed by atoms with van der Waals surface area (Å²) >= 11 is 3.38. The first-order chi connectivity index (χ1) is 9.38. The van der Waals surface area contributed by atoms with Crippen LogP contribution in [0.5, 0.6) is 11.5 Å². The third-order valence-corrected chi connectivity index (χ3v) is 3.50. The Balaban J connectivity index is 2.50. The van der Waals surface area contributed by atoms with Crippen molar-refractivity contribution in [3.8, 4) is 11.5 Å². The summed E-state index contributed by atoms with van der Waals surface area (Å²) in [4.78, 5) is 11.6. The van der Waals surface area contributed by atoms with E-state index in [4.69, 9.17) is 4.74 Å². The molecule has 0 heterocycles. The molecule has 0 saturated heterocycles. The van der Waals surface area contributed by atoms with E-state index < -0.39 is 5.82 Å². The third-order valence-electron chi connectivity index (χ3n) is 3.01. The van der Waals surface area contributed by atoms with Crippen LogP contribution >= 0.6 is 15.9 Å². The van der Waals surface area contributed by atoms with E-state index in [0.717, 1.165) is 10.0 Å². The van der Waals surface area contributed by atoms with Crippen molar-refractivity contribution in [1.29, 1.82) is 0 Å². The van der Waals surface area contributed by atoms with Gasteiger partial charge in [-0.2, -0.15) is 0 Å². The fraction of sp³-hybridized carbons (Fsp3) is 0.188. The van der Waals surface area contributed by atoms with Gasteiger partial charge in [-0.1, -0.05) is 22.0 Å². The summed E-state index contributed by atoms with van der Waals surface area (Å²) in [6.45, 7) is 4.94. The SMILES string of the molecule is CC(=O)c1cc(F)c(C)cc1Oc1cc(Br)ccc1C. The van der Waals surface area contributed by atoms with Crippen molar-refractivity contribution in [1.82, 2.24) is 0 Å². The van der Waals surface area contributed by atoms with E-state index >= 15 is 0 Å². The zero-order chi connectivity index (χ0) is 14.9. The molecule has 2 nitrogen and oxygen atoms in total. The summed E-state index contributed by atoms with van der Waals surface area (Å²) in [5, 5.41) is 0. The molecule has 2 aromatic carbocycles. The summed E-state index contributed by atoms with van der Waals surface area (Å²) in [7, 11) is 0. The molecule has 0 radical (unpaired) electrons. The molecule has 20 heavy (non-hydrogen) atoms. The number of benzene rings is 2. The minimum Gasteiger partial charge on any atom is -0.456 e. The minimum absolute atomic E-state index is 0.230. The van der Waals surface area contributed by atoms with Crippen LogP contribution in [0, 0.1) is 19.7 Å². The van der Waals surface area contributed by atoms with E-state index in [1.807, 2.05) is 25.1 Å². The number of halogens is 2.